The van der Waals surface area contributed by atoms with E-state index in [0.717, 1.165) is 23.9 Å². The first kappa shape index (κ1) is 8.26. The van der Waals surface area contributed by atoms with Crippen LogP contribution in [0.15, 0.2) is 0 Å². The molecule has 1 aliphatic heterocycles. The number of alkyl halides is 1. The van der Waals surface area contributed by atoms with E-state index in [9.17, 15) is 4.79 Å². The smallest absolute Gasteiger partial charge is 0.234 e. The number of likely N-dealkylation sites (tertiary alicyclic amines) is 1. The molecule has 0 aliphatic carbocycles. The Kier molecular flexibility index (Phi) is 2.91. The lowest BCUT2D eigenvalue weighted by atomic mass is 10.2. The van der Waals surface area contributed by atoms with Gasteiger partial charge in [0.1, 0.15) is 0 Å². The Balaban J connectivity index is 2.50. The molecule has 0 aromatic carbocycles. The molecule has 0 radical (unpaired) electrons. The molecular weight excluding hydrogens is 243 g/mol. The zero-order valence-electron chi connectivity index (χ0n) is 5.72. The third-order valence-corrected chi connectivity index (χ3v) is 2.72. The van der Waals surface area contributed by atoms with Crippen molar-refractivity contribution in [3.05, 3.63) is 0 Å². The summed E-state index contributed by atoms with van der Waals surface area (Å²) in [5, 5.41) is 0. The summed E-state index contributed by atoms with van der Waals surface area (Å²) in [6.07, 6.45) is 2.05. The van der Waals surface area contributed by atoms with E-state index in [4.69, 9.17) is 5.73 Å². The molecule has 1 heterocycles. The second-order valence-electron chi connectivity index (χ2n) is 2.49. The molecule has 2 N–H and O–H groups in total. The first-order valence-electron chi connectivity index (χ1n) is 3.35. The molecule has 0 bridgehead atoms. The highest BCUT2D eigenvalue weighted by atomic mass is 127. The monoisotopic (exact) mass is 254 g/mol. The number of primary amides is 1. The Morgan fingerprint density at radius 3 is 2.90 bits per heavy atom. The quantitative estimate of drug-likeness (QED) is 0.438. The Labute approximate surface area is 74.1 Å². The maximum Gasteiger partial charge on any atom is 0.234 e. The van der Waals surface area contributed by atoms with E-state index >= 15 is 0 Å². The van der Waals surface area contributed by atoms with Gasteiger partial charge in [-0.2, -0.15) is 0 Å². The van der Waals surface area contributed by atoms with Gasteiger partial charge in [-0.15, -0.1) is 0 Å². The Morgan fingerprint density at radius 2 is 2.50 bits per heavy atom. The third-order valence-electron chi connectivity index (χ3n) is 1.85. The summed E-state index contributed by atoms with van der Waals surface area (Å²) < 4.78 is 0.908. The lowest BCUT2D eigenvalue weighted by molar-refractivity contribution is -0.121. The molecular formula is C6H11IN2O. The summed E-state index contributed by atoms with van der Waals surface area (Å²) in [7, 11) is 0. The van der Waals surface area contributed by atoms with Crippen molar-refractivity contribution in [2.75, 3.05) is 11.1 Å². The van der Waals surface area contributed by atoms with Crippen LogP contribution in [-0.4, -0.2) is 27.9 Å². The zero-order chi connectivity index (χ0) is 7.56. The number of hydrogen-bond acceptors (Lipinski definition) is 2. The number of nitrogens with two attached hydrogens (primary N) is 1. The third kappa shape index (κ3) is 1.60. The summed E-state index contributed by atoms with van der Waals surface area (Å²) in [6, 6.07) is 0.0110. The van der Waals surface area contributed by atoms with E-state index in [0.29, 0.717) is 0 Å². The van der Waals surface area contributed by atoms with Gasteiger partial charge < -0.3 is 5.73 Å². The Morgan fingerprint density at radius 1 is 1.80 bits per heavy atom. The van der Waals surface area contributed by atoms with Gasteiger partial charge in [-0.05, 0) is 19.4 Å². The first-order chi connectivity index (χ1) is 4.75. The minimum absolute atomic E-state index is 0.0110. The summed E-state index contributed by atoms with van der Waals surface area (Å²) >= 11 is 2.26. The molecule has 1 amide bonds. The lowest BCUT2D eigenvalue weighted by Crippen LogP contribution is -2.39. The molecule has 58 valence electrons. The molecule has 0 spiro atoms. The van der Waals surface area contributed by atoms with Crippen LogP contribution in [0.25, 0.3) is 0 Å². The molecule has 0 aromatic heterocycles. The van der Waals surface area contributed by atoms with Crippen LogP contribution >= 0.6 is 22.6 Å². The van der Waals surface area contributed by atoms with Crippen LogP contribution in [0.4, 0.5) is 0 Å². The predicted octanol–water partition coefficient (Wildman–Crippen LogP) is 0.329. The lowest BCUT2D eigenvalue weighted by Gasteiger charge is -2.17. The predicted molar refractivity (Wildman–Crippen MR) is 47.8 cm³/mol. The van der Waals surface area contributed by atoms with Gasteiger partial charge in [-0.3, -0.25) is 9.69 Å². The van der Waals surface area contributed by atoms with Gasteiger partial charge in [0, 0.05) is 0 Å². The van der Waals surface area contributed by atoms with E-state index in [1.165, 1.54) is 0 Å². The molecule has 3 nitrogen and oxygen atoms in total. The number of carbonyl (C=O) groups excluding carboxylic acids is 1. The largest absolute Gasteiger partial charge is 0.368 e. The van der Waals surface area contributed by atoms with Crippen LogP contribution in [0.3, 0.4) is 0 Å². The van der Waals surface area contributed by atoms with Gasteiger partial charge >= 0.3 is 0 Å². The number of halogens is 1. The van der Waals surface area contributed by atoms with Gasteiger partial charge in [0.05, 0.1) is 10.6 Å². The van der Waals surface area contributed by atoms with E-state index < -0.39 is 0 Å². The van der Waals surface area contributed by atoms with Crippen molar-refractivity contribution >= 4 is 28.5 Å². The van der Waals surface area contributed by atoms with E-state index in [1.54, 1.807) is 0 Å². The average molecular weight is 254 g/mol. The minimum Gasteiger partial charge on any atom is -0.368 e. The second kappa shape index (κ2) is 3.52. The van der Waals surface area contributed by atoms with Crippen molar-refractivity contribution in [3.8, 4) is 0 Å². The summed E-state index contributed by atoms with van der Waals surface area (Å²) in [5.74, 6) is -0.172. The standard InChI is InChI=1S/C6H11IN2O/c7-4-9-3-1-2-5(9)6(8)10/h5H,1-4H2,(H2,8,10)/t5-/m1/s1. The van der Waals surface area contributed by atoms with E-state index in [2.05, 4.69) is 27.5 Å². The van der Waals surface area contributed by atoms with Crippen LogP contribution in [0, 0.1) is 0 Å². The van der Waals surface area contributed by atoms with Gasteiger partial charge in [-0.25, -0.2) is 0 Å². The molecule has 10 heavy (non-hydrogen) atoms. The summed E-state index contributed by atoms with van der Waals surface area (Å²) in [6.45, 7) is 1.02. The zero-order valence-corrected chi connectivity index (χ0v) is 7.87. The normalized spacial score (nSPS) is 27.1. The number of hydrogen-bond donors (Lipinski definition) is 1. The van der Waals surface area contributed by atoms with E-state index in [1.807, 2.05) is 0 Å². The van der Waals surface area contributed by atoms with Crippen molar-refractivity contribution in [2.45, 2.75) is 18.9 Å². The molecule has 1 atom stereocenters. The maximum absolute atomic E-state index is 10.7. The Bertz CT molecular complexity index is 140. The van der Waals surface area contributed by atoms with Crippen LogP contribution < -0.4 is 5.73 Å². The highest BCUT2D eigenvalue weighted by molar-refractivity contribution is 14.1. The topological polar surface area (TPSA) is 46.3 Å². The second-order valence-corrected chi connectivity index (χ2v) is 3.17. The number of amides is 1. The highest BCUT2D eigenvalue weighted by Crippen LogP contribution is 2.17. The van der Waals surface area contributed by atoms with Gasteiger partial charge in [0.2, 0.25) is 5.91 Å². The summed E-state index contributed by atoms with van der Waals surface area (Å²) in [5.41, 5.74) is 5.18. The Hall–Kier alpha value is 0.160. The van der Waals surface area contributed by atoms with Gasteiger partial charge in [-0.1, -0.05) is 22.6 Å². The molecule has 1 rings (SSSR count). The van der Waals surface area contributed by atoms with Crippen molar-refractivity contribution in [1.29, 1.82) is 0 Å². The maximum atomic E-state index is 10.7. The number of carbonyl (C=O) groups is 1. The fraction of sp³-hybridized carbons (Fsp3) is 0.833. The average Bonchev–Trinajstić information content (AvgIpc) is 2.33. The van der Waals surface area contributed by atoms with Crippen LogP contribution in [0.2, 0.25) is 0 Å². The highest BCUT2D eigenvalue weighted by Gasteiger charge is 2.27. The van der Waals surface area contributed by atoms with Crippen LogP contribution in [-0.2, 0) is 4.79 Å². The minimum atomic E-state index is -0.172. The molecule has 4 heteroatoms. The SMILES string of the molecule is NC(=O)[C@H]1CCCN1CI. The summed E-state index contributed by atoms with van der Waals surface area (Å²) in [4.78, 5) is 12.9. The molecule has 1 fully saturated rings. The van der Waals surface area contributed by atoms with Crippen LogP contribution in [0.5, 0.6) is 0 Å². The molecule has 0 unspecified atom stereocenters. The van der Waals surface area contributed by atoms with Gasteiger partial charge in [0.25, 0.3) is 0 Å². The molecule has 0 saturated carbocycles. The number of rotatable bonds is 2. The van der Waals surface area contributed by atoms with Crippen LogP contribution in [0.1, 0.15) is 12.8 Å². The van der Waals surface area contributed by atoms with Crippen molar-refractivity contribution in [2.24, 2.45) is 5.73 Å². The fourth-order valence-electron chi connectivity index (χ4n) is 1.29. The van der Waals surface area contributed by atoms with Crippen molar-refractivity contribution in [1.82, 2.24) is 4.90 Å². The van der Waals surface area contributed by atoms with Crippen molar-refractivity contribution in [3.63, 3.8) is 0 Å². The molecule has 1 saturated heterocycles. The van der Waals surface area contributed by atoms with E-state index in [-0.39, 0.29) is 11.9 Å². The molecule has 0 aromatic rings. The first-order valence-corrected chi connectivity index (χ1v) is 4.87. The number of nitrogens with zero attached hydrogens (tertiary/aromatic N) is 1. The fourth-order valence-corrected chi connectivity index (χ4v) is 2.11. The van der Waals surface area contributed by atoms with Gasteiger partial charge in [0.15, 0.2) is 0 Å². The molecule has 1 aliphatic rings. The van der Waals surface area contributed by atoms with Crippen molar-refractivity contribution < 1.29 is 4.79 Å².